The second-order valence-corrected chi connectivity index (χ2v) is 8.27. The number of benzene rings is 2. The minimum absolute atomic E-state index is 0.0107. The fourth-order valence-electron chi connectivity index (χ4n) is 5.02. The summed E-state index contributed by atoms with van der Waals surface area (Å²) in [6, 6.07) is 11.7. The van der Waals surface area contributed by atoms with Crippen LogP contribution in [0.25, 0.3) is 0 Å². The van der Waals surface area contributed by atoms with Crippen molar-refractivity contribution in [2.75, 3.05) is 0 Å². The fraction of sp³-hybridized carbons (Fsp3) is 0.200. The number of nitrogens with zero attached hydrogens (tertiary/aromatic N) is 2. The average Bonchev–Trinajstić information content (AvgIpc) is 2.98. The third kappa shape index (κ3) is 3.40. The van der Waals surface area contributed by atoms with Gasteiger partial charge in [-0.15, -0.1) is 0 Å². The van der Waals surface area contributed by atoms with E-state index in [0.29, 0.717) is 11.3 Å². The molecule has 0 saturated carbocycles. The summed E-state index contributed by atoms with van der Waals surface area (Å²) < 4.78 is 28.9. The molecule has 3 atom stereocenters. The van der Waals surface area contributed by atoms with Crippen LogP contribution in [-0.4, -0.2) is 32.9 Å². The van der Waals surface area contributed by atoms with Crippen LogP contribution in [0.15, 0.2) is 60.8 Å². The number of rotatable bonds is 3. The van der Waals surface area contributed by atoms with Crippen LogP contribution in [0.3, 0.4) is 0 Å². The van der Waals surface area contributed by atoms with Crippen LogP contribution < -0.4 is 5.32 Å². The van der Waals surface area contributed by atoms with Crippen molar-refractivity contribution in [1.82, 2.24) is 15.2 Å². The van der Waals surface area contributed by atoms with Gasteiger partial charge in [-0.3, -0.25) is 19.5 Å². The molecule has 172 valence electrons. The maximum absolute atomic E-state index is 14.8. The number of pyridine rings is 1. The van der Waals surface area contributed by atoms with Crippen molar-refractivity contribution >= 4 is 17.9 Å². The lowest BCUT2D eigenvalue weighted by Gasteiger charge is -2.27. The predicted molar refractivity (Wildman–Crippen MR) is 116 cm³/mol. The van der Waals surface area contributed by atoms with E-state index in [1.165, 1.54) is 18.3 Å². The topological polar surface area (TPSA) is 99.6 Å². The Morgan fingerprint density at radius 1 is 0.941 bits per heavy atom. The Hall–Kier alpha value is -4.14. The van der Waals surface area contributed by atoms with E-state index >= 15 is 0 Å². The molecule has 7 nitrogen and oxygen atoms in total. The van der Waals surface area contributed by atoms with Gasteiger partial charge < -0.3 is 10.4 Å². The standard InChI is InChI=1S/C25H19F2N3O4/c26-18-9-3-7-13(20(18)27)14-10-11-19(22-17(8-4-12-28-22)21(14)29-25(33)34)30-23(31)15-5-1-2-6-16(15)24(30)32/h1-9,12,14,19,21,29H,10-11H2,(H,33,34)/t14-,19+,21-/m0/s1. The smallest absolute Gasteiger partial charge is 0.405 e. The number of halogens is 2. The zero-order valence-corrected chi connectivity index (χ0v) is 17.7. The third-order valence-electron chi connectivity index (χ3n) is 6.47. The summed E-state index contributed by atoms with van der Waals surface area (Å²) in [5, 5.41) is 12.0. The minimum Gasteiger partial charge on any atom is -0.465 e. The molecule has 0 spiro atoms. The molecule has 0 bridgehead atoms. The zero-order valence-electron chi connectivity index (χ0n) is 17.7. The molecular formula is C25H19F2N3O4. The van der Waals surface area contributed by atoms with E-state index < -0.39 is 47.5 Å². The number of nitrogens with one attached hydrogen (secondary N) is 1. The van der Waals surface area contributed by atoms with Gasteiger partial charge in [0.15, 0.2) is 11.6 Å². The zero-order chi connectivity index (χ0) is 24.0. The van der Waals surface area contributed by atoms with Crippen molar-refractivity contribution < 1.29 is 28.3 Å². The molecule has 2 aliphatic rings. The number of fused-ring (bicyclic) bond motifs is 2. The van der Waals surface area contributed by atoms with Gasteiger partial charge in [-0.2, -0.15) is 0 Å². The number of carbonyl (C=O) groups is 3. The van der Waals surface area contributed by atoms with E-state index in [2.05, 4.69) is 10.3 Å². The molecule has 0 unspecified atom stereocenters. The summed E-state index contributed by atoms with van der Waals surface area (Å²) in [4.78, 5) is 43.6. The molecule has 0 radical (unpaired) electrons. The van der Waals surface area contributed by atoms with Gasteiger partial charge >= 0.3 is 6.09 Å². The maximum Gasteiger partial charge on any atom is 0.405 e. The van der Waals surface area contributed by atoms with E-state index in [1.54, 1.807) is 36.4 Å². The van der Waals surface area contributed by atoms with Crippen molar-refractivity contribution in [1.29, 1.82) is 0 Å². The monoisotopic (exact) mass is 463 g/mol. The van der Waals surface area contributed by atoms with Crippen LogP contribution >= 0.6 is 0 Å². The molecule has 3 aromatic rings. The maximum atomic E-state index is 14.8. The van der Waals surface area contributed by atoms with E-state index in [0.717, 1.165) is 11.0 Å². The van der Waals surface area contributed by atoms with E-state index in [9.17, 15) is 28.3 Å². The Labute approximate surface area is 193 Å². The summed E-state index contributed by atoms with van der Waals surface area (Å²) in [5.41, 5.74) is 1.31. The Morgan fingerprint density at radius 2 is 1.62 bits per heavy atom. The Morgan fingerprint density at radius 3 is 2.29 bits per heavy atom. The van der Waals surface area contributed by atoms with Crippen LogP contribution in [0.4, 0.5) is 13.6 Å². The van der Waals surface area contributed by atoms with Gasteiger partial charge in [0.25, 0.3) is 11.8 Å². The van der Waals surface area contributed by atoms with Gasteiger partial charge in [-0.25, -0.2) is 13.6 Å². The third-order valence-corrected chi connectivity index (χ3v) is 6.47. The Kier molecular flexibility index (Phi) is 5.31. The van der Waals surface area contributed by atoms with Crippen LogP contribution in [-0.2, 0) is 0 Å². The Balaban J connectivity index is 1.64. The summed E-state index contributed by atoms with van der Waals surface area (Å²) in [6.07, 6.45) is 0.499. The highest BCUT2D eigenvalue weighted by atomic mass is 19.2. The second kappa shape index (κ2) is 8.33. The first-order valence-electron chi connectivity index (χ1n) is 10.7. The number of aromatic nitrogens is 1. The van der Waals surface area contributed by atoms with Crippen molar-refractivity contribution in [2.24, 2.45) is 0 Å². The summed E-state index contributed by atoms with van der Waals surface area (Å²) >= 11 is 0. The summed E-state index contributed by atoms with van der Waals surface area (Å²) in [6.45, 7) is 0. The second-order valence-electron chi connectivity index (χ2n) is 8.27. The van der Waals surface area contributed by atoms with Crippen LogP contribution in [0.2, 0.25) is 0 Å². The lowest BCUT2D eigenvalue weighted by molar-refractivity contribution is 0.0569. The fourth-order valence-corrected chi connectivity index (χ4v) is 5.02. The van der Waals surface area contributed by atoms with Gasteiger partial charge in [0.1, 0.15) is 0 Å². The number of carbonyl (C=O) groups excluding carboxylic acids is 2. The number of imide groups is 1. The molecule has 1 aliphatic heterocycles. The molecule has 2 heterocycles. The molecule has 1 aliphatic carbocycles. The Bertz CT molecular complexity index is 1290. The molecule has 1 aromatic heterocycles. The lowest BCUT2D eigenvalue weighted by atomic mass is 9.85. The molecule has 3 amide bonds. The van der Waals surface area contributed by atoms with Crippen molar-refractivity contribution in [3.05, 3.63) is 100 Å². The van der Waals surface area contributed by atoms with Crippen LogP contribution in [0, 0.1) is 11.6 Å². The molecule has 2 aromatic carbocycles. The van der Waals surface area contributed by atoms with E-state index in [4.69, 9.17) is 0 Å². The summed E-state index contributed by atoms with van der Waals surface area (Å²) in [7, 11) is 0. The minimum atomic E-state index is -1.35. The molecule has 9 heteroatoms. The SMILES string of the molecule is O=C(O)N[C@@H]1c2cccnc2[C@H](N2C(=O)c3ccccc3C2=O)CC[C@H]1c1cccc(F)c1F. The van der Waals surface area contributed by atoms with Crippen molar-refractivity contribution in [2.45, 2.75) is 30.8 Å². The van der Waals surface area contributed by atoms with Gasteiger partial charge in [0, 0.05) is 12.1 Å². The normalized spacial score (nSPS) is 21.6. The first-order valence-corrected chi connectivity index (χ1v) is 10.7. The van der Waals surface area contributed by atoms with Gasteiger partial charge in [0.2, 0.25) is 0 Å². The molecule has 0 saturated heterocycles. The average molecular weight is 463 g/mol. The number of amides is 3. The predicted octanol–water partition coefficient (Wildman–Crippen LogP) is 4.58. The first kappa shape index (κ1) is 21.7. The first-order chi connectivity index (χ1) is 16.4. The molecular weight excluding hydrogens is 444 g/mol. The lowest BCUT2D eigenvalue weighted by Crippen LogP contribution is -2.35. The highest BCUT2D eigenvalue weighted by Crippen LogP contribution is 2.46. The highest BCUT2D eigenvalue weighted by molar-refractivity contribution is 6.21. The van der Waals surface area contributed by atoms with Crippen LogP contribution in [0.5, 0.6) is 0 Å². The highest BCUT2D eigenvalue weighted by Gasteiger charge is 2.45. The van der Waals surface area contributed by atoms with Crippen molar-refractivity contribution in [3.63, 3.8) is 0 Å². The summed E-state index contributed by atoms with van der Waals surface area (Å²) in [5.74, 6) is -3.84. The van der Waals surface area contributed by atoms with Crippen molar-refractivity contribution in [3.8, 4) is 0 Å². The van der Waals surface area contributed by atoms with Crippen LogP contribution in [0.1, 0.15) is 68.4 Å². The van der Waals surface area contributed by atoms with Gasteiger partial charge in [-0.05, 0) is 48.2 Å². The van der Waals surface area contributed by atoms with E-state index in [-0.39, 0.29) is 29.5 Å². The molecule has 5 rings (SSSR count). The molecule has 2 N–H and O–H groups in total. The quantitative estimate of drug-likeness (QED) is 0.438. The largest absolute Gasteiger partial charge is 0.465 e. The van der Waals surface area contributed by atoms with Gasteiger partial charge in [0.05, 0.1) is 28.9 Å². The number of hydrogen-bond donors (Lipinski definition) is 2. The molecule has 0 fully saturated rings. The van der Waals surface area contributed by atoms with E-state index in [1.807, 2.05) is 0 Å². The number of carboxylic acid groups (broad SMARTS) is 1. The molecule has 34 heavy (non-hydrogen) atoms. The van der Waals surface area contributed by atoms with Gasteiger partial charge in [-0.1, -0.05) is 30.3 Å². The number of hydrogen-bond acceptors (Lipinski definition) is 4.